The maximum atomic E-state index is 12.2. The first-order valence-electron chi connectivity index (χ1n) is 4.97. The van der Waals surface area contributed by atoms with Crippen LogP contribution in [-0.4, -0.2) is 12.4 Å². The van der Waals surface area contributed by atoms with Crippen molar-refractivity contribution < 1.29 is 13.2 Å². The van der Waals surface area contributed by atoms with Crippen LogP contribution in [-0.2, 0) is 12.7 Å². The first-order valence-corrected chi connectivity index (χ1v) is 5.50. The Bertz CT molecular complexity index is 308. The Labute approximate surface area is 97.6 Å². The Morgan fingerprint density at radius 2 is 1.75 bits per heavy atom. The average Bonchev–Trinajstić information content (AvgIpc) is 2.24. The average molecular weight is 252 g/mol. The van der Waals surface area contributed by atoms with Gasteiger partial charge in [-0.25, -0.2) is 0 Å². The van der Waals surface area contributed by atoms with Crippen LogP contribution in [0.15, 0.2) is 24.3 Å². The quantitative estimate of drug-likeness (QED) is 0.625. The van der Waals surface area contributed by atoms with E-state index in [9.17, 15) is 13.2 Å². The topological polar surface area (TPSA) is 12.0 Å². The number of hydrogen-bond acceptors (Lipinski definition) is 1. The highest BCUT2D eigenvalue weighted by atomic mass is 35.5. The number of benzene rings is 1. The van der Waals surface area contributed by atoms with Gasteiger partial charge < -0.3 is 5.32 Å². The Kier molecular flexibility index (Phi) is 5.09. The lowest BCUT2D eigenvalue weighted by Crippen LogP contribution is -2.15. The molecular weight excluding hydrogens is 239 g/mol. The molecule has 0 saturated heterocycles. The molecule has 5 heteroatoms. The van der Waals surface area contributed by atoms with Crippen molar-refractivity contribution in [2.75, 3.05) is 12.4 Å². The molecule has 1 nitrogen and oxygen atoms in total. The maximum Gasteiger partial charge on any atom is 0.416 e. The molecule has 0 unspecified atom stereocenters. The fourth-order valence-electron chi connectivity index (χ4n) is 1.24. The molecule has 0 aromatic heterocycles. The molecule has 0 radical (unpaired) electrons. The molecule has 1 N–H and O–H groups in total. The normalized spacial score (nSPS) is 11.8. The summed E-state index contributed by atoms with van der Waals surface area (Å²) in [5.74, 6) is 0.583. The van der Waals surface area contributed by atoms with Crippen LogP contribution in [0.2, 0.25) is 0 Å². The molecule has 0 fully saturated rings. The summed E-state index contributed by atoms with van der Waals surface area (Å²) in [6.45, 7) is 1.33. The molecule has 0 saturated carbocycles. The predicted octanol–water partition coefficient (Wildman–Crippen LogP) is 3.42. The van der Waals surface area contributed by atoms with Gasteiger partial charge in [0, 0.05) is 12.4 Å². The molecule has 1 aromatic carbocycles. The number of nitrogens with one attached hydrogen (secondary N) is 1. The van der Waals surface area contributed by atoms with Crippen LogP contribution >= 0.6 is 11.6 Å². The van der Waals surface area contributed by atoms with Crippen LogP contribution in [0, 0.1) is 0 Å². The molecule has 0 aliphatic rings. The predicted molar refractivity (Wildman–Crippen MR) is 58.5 cm³/mol. The largest absolute Gasteiger partial charge is 0.416 e. The second-order valence-corrected chi connectivity index (χ2v) is 3.79. The van der Waals surface area contributed by atoms with E-state index >= 15 is 0 Å². The first-order chi connectivity index (χ1) is 7.54. The third-order valence-corrected chi connectivity index (χ3v) is 2.36. The highest BCUT2D eigenvalue weighted by Gasteiger charge is 2.29. The molecule has 90 valence electrons. The Balaban J connectivity index is 2.46. The van der Waals surface area contributed by atoms with Crippen molar-refractivity contribution in [2.24, 2.45) is 0 Å². The summed E-state index contributed by atoms with van der Waals surface area (Å²) in [5, 5.41) is 3.10. The fraction of sp³-hybridized carbons (Fsp3) is 0.455. The van der Waals surface area contributed by atoms with Gasteiger partial charge in [-0.1, -0.05) is 12.1 Å². The van der Waals surface area contributed by atoms with Crippen LogP contribution in [0.3, 0.4) is 0 Å². The lowest BCUT2D eigenvalue weighted by molar-refractivity contribution is -0.137. The number of halogens is 4. The van der Waals surface area contributed by atoms with Gasteiger partial charge in [-0.3, -0.25) is 0 Å². The molecule has 16 heavy (non-hydrogen) atoms. The summed E-state index contributed by atoms with van der Waals surface area (Å²) in [7, 11) is 0. The van der Waals surface area contributed by atoms with E-state index in [0.29, 0.717) is 12.4 Å². The zero-order chi connectivity index (χ0) is 12.0. The minimum absolute atomic E-state index is 0.565. The zero-order valence-electron chi connectivity index (χ0n) is 8.65. The summed E-state index contributed by atoms with van der Waals surface area (Å²) in [6, 6.07) is 5.16. The highest BCUT2D eigenvalue weighted by Crippen LogP contribution is 2.28. The third-order valence-electron chi connectivity index (χ3n) is 2.10. The van der Waals surface area contributed by atoms with Gasteiger partial charge in [0.05, 0.1) is 5.56 Å². The van der Waals surface area contributed by atoms with Crippen molar-refractivity contribution in [2.45, 2.75) is 19.1 Å². The van der Waals surface area contributed by atoms with Crippen LogP contribution in [0.4, 0.5) is 13.2 Å². The van der Waals surface area contributed by atoms with Crippen molar-refractivity contribution in [3.8, 4) is 0 Å². The number of alkyl halides is 4. The molecule has 1 rings (SSSR count). The van der Waals surface area contributed by atoms with Gasteiger partial charge >= 0.3 is 6.18 Å². The Morgan fingerprint density at radius 3 is 2.25 bits per heavy atom. The van der Waals surface area contributed by atoms with Gasteiger partial charge in [0.1, 0.15) is 0 Å². The van der Waals surface area contributed by atoms with Crippen molar-refractivity contribution in [3.05, 3.63) is 35.4 Å². The van der Waals surface area contributed by atoms with Crippen molar-refractivity contribution in [1.82, 2.24) is 5.32 Å². The standard InChI is InChI=1S/C11H13ClF3N/c12-6-1-7-16-8-9-2-4-10(5-3-9)11(13,14)15/h2-5,16H,1,6-8H2. The van der Waals surface area contributed by atoms with Crippen LogP contribution < -0.4 is 5.32 Å². The van der Waals surface area contributed by atoms with E-state index in [0.717, 1.165) is 30.7 Å². The third kappa shape index (κ3) is 4.41. The molecule has 0 amide bonds. The molecule has 0 heterocycles. The Hall–Kier alpha value is -0.740. The van der Waals surface area contributed by atoms with Crippen molar-refractivity contribution in [1.29, 1.82) is 0 Å². The molecular formula is C11H13ClF3N. The summed E-state index contributed by atoms with van der Waals surface area (Å²) in [5.41, 5.74) is 0.222. The van der Waals surface area contributed by atoms with Gasteiger partial charge in [0.15, 0.2) is 0 Å². The van der Waals surface area contributed by atoms with Gasteiger partial charge in [-0.15, -0.1) is 11.6 Å². The molecule has 0 aliphatic heterocycles. The maximum absolute atomic E-state index is 12.2. The molecule has 1 aromatic rings. The second kappa shape index (κ2) is 6.11. The molecule has 0 atom stereocenters. The van der Waals surface area contributed by atoms with Crippen LogP contribution in [0.5, 0.6) is 0 Å². The van der Waals surface area contributed by atoms with E-state index in [-0.39, 0.29) is 0 Å². The molecule has 0 spiro atoms. The lowest BCUT2D eigenvalue weighted by Gasteiger charge is -2.08. The highest BCUT2D eigenvalue weighted by molar-refractivity contribution is 6.17. The smallest absolute Gasteiger partial charge is 0.313 e. The van der Waals surface area contributed by atoms with E-state index in [1.54, 1.807) is 0 Å². The van der Waals surface area contributed by atoms with E-state index < -0.39 is 11.7 Å². The second-order valence-electron chi connectivity index (χ2n) is 3.41. The molecule has 0 aliphatic carbocycles. The SMILES string of the molecule is FC(F)(F)c1ccc(CNCCCCl)cc1. The van der Waals surface area contributed by atoms with E-state index in [4.69, 9.17) is 11.6 Å². The van der Waals surface area contributed by atoms with E-state index in [1.807, 2.05) is 0 Å². The fourth-order valence-corrected chi connectivity index (χ4v) is 1.37. The number of hydrogen-bond donors (Lipinski definition) is 1. The first kappa shape index (κ1) is 13.3. The van der Waals surface area contributed by atoms with Gasteiger partial charge in [-0.2, -0.15) is 13.2 Å². The zero-order valence-corrected chi connectivity index (χ0v) is 9.41. The minimum Gasteiger partial charge on any atom is -0.313 e. The summed E-state index contributed by atoms with van der Waals surface area (Å²) >= 11 is 5.49. The summed E-state index contributed by atoms with van der Waals surface area (Å²) < 4.78 is 36.7. The number of rotatable bonds is 5. The summed E-state index contributed by atoms with van der Waals surface area (Å²) in [4.78, 5) is 0. The minimum atomic E-state index is -4.26. The van der Waals surface area contributed by atoms with Crippen molar-refractivity contribution >= 4 is 11.6 Å². The van der Waals surface area contributed by atoms with Crippen LogP contribution in [0.1, 0.15) is 17.5 Å². The van der Waals surface area contributed by atoms with Gasteiger partial charge in [0.2, 0.25) is 0 Å². The van der Waals surface area contributed by atoms with E-state index in [1.165, 1.54) is 12.1 Å². The monoisotopic (exact) mass is 251 g/mol. The van der Waals surface area contributed by atoms with Crippen molar-refractivity contribution in [3.63, 3.8) is 0 Å². The van der Waals surface area contributed by atoms with Gasteiger partial charge in [-0.05, 0) is 30.7 Å². The van der Waals surface area contributed by atoms with E-state index in [2.05, 4.69) is 5.32 Å². The lowest BCUT2D eigenvalue weighted by atomic mass is 10.1. The summed E-state index contributed by atoms with van der Waals surface area (Å²) in [6.07, 6.45) is -3.41. The molecule has 0 bridgehead atoms. The Morgan fingerprint density at radius 1 is 1.12 bits per heavy atom. The van der Waals surface area contributed by atoms with Crippen LogP contribution in [0.25, 0.3) is 0 Å². The van der Waals surface area contributed by atoms with Gasteiger partial charge in [0.25, 0.3) is 0 Å².